The second-order valence-corrected chi connectivity index (χ2v) is 10.6. The maximum Gasteiger partial charge on any atom is 0.203 e. The fraction of sp³-hybridized carbons (Fsp3) is 0.167. The van der Waals surface area contributed by atoms with Crippen LogP contribution in [0, 0.1) is 5.82 Å². The van der Waals surface area contributed by atoms with Crippen LogP contribution in [0.3, 0.4) is 0 Å². The highest BCUT2D eigenvalue weighted by Gasteiger charge is 2.20. The van der Waals surface area contributed by atoms with E-state index >= 15 is 0 Å². The minimum Gasteiger partial charge on any atom is -0.493 e. The number of hydrogen-bond acceptors (Lipinski definition) is 7. The quantitative estimate of drug-likeness (QED) is 0.118. The lowest BCUT2D eigenvalue weighted by atomic mass is 10.0. The van der Waals surface area contributed by atoms with Gasteiger partial charge < -0.3 is 14.2 Å². The predicted molar refractivity (Wildman–Crippen MR) is 160 cm³/mol. The number of ether oxygens (including phenoxy) is 3. The van der Waals surface area contributed by atoms with Crippen molar-refractivity contribution in [3.63, 3.8) is 0 Å². The van der Waals surface area contributed by atoms with Crippen molar-refractivity contribution in [3.8, 4) is 39.9 Å². The Balaban J connectivity index is 1.62. The Morgan fingerprint density at radius 1 is 0.975 bits per heavy atom. The molecule has 2 aromatic heterocycles. The monoisotopic (exact) mass is 620 g/mol. The topological polar surface area (TPSA) is 71.3 Å². The highest BCUT2D eigenvalue weighted by atomic mass is 79.9. The fourth-order valence-corrected chi connectivity index (χ4v) is 5.67. The van der Waals surface area contributed by atoms with E-state index in [0.29, 0.717) is 56.3 Å². The Morgan fingerprint density at radius 2 is 1.73 bits per heavy atom. The Morgan fingerprint density at radius 3 is 2.40 bits per heavy atom. The molecular formula is C30H26BrFN4O3S. The number of para-hydroxylation sites is 1. The molecule has 0 aliphatic carbocycles. The van der Waals surface area contributed by atoms with Crippen LogP contribution >= 0.6 is 27.7 Å². The molecule has 0 saturated carbocycles. The van der Waals surface area contributed by atoms with Gasteiger partial charge in [0.15, 0.2) is 22.5 Å². The molecule has 0 aliphatic heterocycles. The van der Waals surface area contributed by atoms with E-state index in [0.717, 1.165) is 22.0 Å². The summed E-state index contributed by atoms with van der Waals surface area (Å²) in [6.07, 6.45) is 1.79. The molecule has 0 saturated heterocycles. The normalized spacial score (nSPS) is 11.0. The fourth-order valence-electron chi connectivity index (χ4n) is 4.41. The minimum atomic E-state index is -0.271. The van der Waals surface area contributed by atoms with Crippen LogP contribution in [0.2, 0.25) is 0 Å². The van der Waals surface area contributed by atoms with E-state index in [1.54, 1.807) is 33.5 Å². The van der Waals surface area contributed by atoms with E-state index in [9.17, 15) is 4.39 Å². The third-order valence-corrected chi connectivity index (χ3v) is 7.83. The molecule has 0 atom stereocenters. The number of nitrogens with zero attached hydrogens (tertiary/aromatic N) is 4. The smallest absolute Gasteiger partial charge is 0.203 e. The molecule has 3 aromatic carbocycles. The number of aromatic nitrogens is 4. The maximum absolute atomic E-state index is 14.5. The number of halogens is 2. The van der Waals surface area contributed by atoms with Crippen molar-refractivity contribution in [1.82, 2.24) is 19.7 Å². The van der Waals surface area contributed by atoms with Gasteiger partial charge in [-0.15, -0.1) is 16.8 Å². The van der Waals surface area contributed by atoms with Gasteiger partial charge >= 0.3 is 0 Å². The first kappa shape index (κ1) is 27.7. The summed E-state index contributed by atoms with van der Waals surface area (Å²) in [5.74, 6) is 2.36. The lowest BCUT2D eigenvalue weighted by Gasteiger charge is -2.15. The second-order valence-electron chi connectivity index (χ2n) is 8.72. The van der Waals surface area contributed by atoms with E-state index in [1.807, 2.05) is 53.1 Å². The SMILES string of the molecule is C=CCn1c(SCc2ccc(Br)cc2F)nnc1-c1cc(-c2cc(OC)c(OC)c(OC)c2)nc2ccccc12. The summed E-state index contributed by atoms with van der Waals surface area (Å²) >= 11 is 4.73. The van der Waals surface area contributed by atoms with Crippen LogP contribution in [0.25, 0.3) is 33.5 Å². The van der Waals surface area contributed by atoms with Gasteiger partial charge in [0, 0.05) is 33.3 Å². The van der Waals surface area contributed by atoms with Gasteiger partial charge in [0.1, 0.15) is 5.82 Å². The minimum absolute atomic E-state index is 0.271. The van der Waals surface area contributed by atoms with E-state index in [-0.39, 0.29) is 5.82 Å². The lowest BCUT2D eigenvalue weighted by molar-refractivity contribution is 0.324. The average Bonchev–Trinajstić information content (AvgIpc) is 3.37. The molecule has 0 bridgehead atoms. The van der Waals surface area contributed by atoms with E-state index in [2.05, 4.69) is 32.7 Å². The predicted octanol–water partition coefficient (Wildman–Crippen LogP) is 7.57. The first-order chi connectivity index (χ1) is 19.5. The van der Waals surface area contributed by atoms with Crippen molar-refractivity contribution < 1.29 is 18.6 Å². The zero-order chi connectivity index (χ0) is 28.2. The summed E-state index contributed by atoms with van der Waals surface area (Å²) in [5, 5.41) is 10.6. The summed E-state index contributed by atoms with van der Waals surface area (Å²) < 4.78 is 33.8. The van der Waals surface area contributed by atoms with E-state index < -0.39 is 0 Å². The van der Waals surface area contributed by atoms with Gasteiger partial charge in [-0.3, -0.25) is 4.57 Å². The van der Waals surface area contributed by atoms with E-state index in [4.69, 9.17) is 19.2 Å². The molecule has 0 fully saturated rings. The Bertz CT molecular complexity index is 1680. The summed E-state index contributed by atoms with van der Waals surface area (Å²) in [7, 11) is 4.73. The number of hydrogen-bond donors (Lipinski definition) is 0. The van der Waals surface area contributed by atoms with Crippen LogP contribution < -0.4 is 14.2 Å². The number of rotatable bonds is 10. The molecule has 0 aliphatic rings. The molecule has 0 amide bonds. The summed E-state index contributed by atoms with van der Waals surface area (Å²) in [5.41, 5.74) is 3.72. The largest absolute Gasteiger partial charge is 0.493 e. The number of thioether (sulfide) groups is 1. The van der Waals surface area contributed by atoms with Crippen molar-refractivity contribution in [3.05, 3.63) is 89.2 Å². The Hall–Kier alpha value is -3.89. The average molecular weight is 622 g/mol. The summed E-state index contributed by atoms with van der Waals surface area (Å²) in [4.78, 5) is 4.93. The standard InChI is InChI=1S/C30H26BrFN4O3S/c1-5-12-36-29(34-35-30(36)40-17-18-10-11-20(31)15-23(18)32)22-16-25(33-24-9-7-6-8-21(22)24)19-13-26(37-2)28(39-4)27(14-19)38-3/h5-11,13-16H,1,12,17H2,2-4H3. The molecule has 2 heterocycles. The van der Waals surface area contributed by atoms with Crippen LogP contribution in [-0.2, 0) is 12.3 Å². The summed E-state index contributed by atoms with van der Waals surface area (Å²) in [6, 6.07) is 18.6. The molecular weight excluding hydrogens is 595 g/mol. The van der Waals surface area contributed by atoms with Gasteiger partial charge in [0.25, 0.3) is 0 Å². The second kappa shape index (κ2) is 12.1. The third kappa shape index (κ3) is 5.41. The number of pyridine rings is 1. The van der Waals surface area contributed by atoms with Crippen molar-refractivity contribution in [2.45, 2.75) is 17.5 Å². The molecule has 10 heteroatoms. The highest BCUT2D eigenvalue weighted by Crippen LogP contribution is 2.42. The van der Waals surface area contributed by atoms with Crippen LogP contribution in [0.5, 0.6) is 17.2 Å². The van der Waals surface area contributed by atoms with Crippen molar-refractivity contribution in [2.75, 3.05) is 21.3 Å². The third-order valence-electron chi connectivity index (χ3n) is 6.32. The molecule has 0 radical (unpaired) electrons. The first-order valence-corrected chi connectivity index (χ1v) is 14.1. The molecule has 5 aromatic rings. The van der Waals surface area contributed by atoms with Gasteiger partial charge in [-0.25, -0.2) is 9.37 Å². The van der Waals surface area contributed by atoms with Crippen LogP contribution in [0.4, 0.5) is 4.39 Å². The lowest BCUT2D eigenvalue weighted by Crippen LogP contribution is -2.02. The number of allylic oxidation sites excluding steroid dienone is 1. The van der Waals surface area contributed by atoms with E-state index in [1.165, 1.54) is 17.8 Å². The molecule has 0 N–H and O–H groups in total. The van der Waals surface area contributed by atoms with Gasteiger partial charge in [0.2, 0.25) is 5.75 Å². The van der Waals surface area contributed by atoms with Crippen LogP contribution in [0.1, 0.15) is 5.56 Å². The maximum atomic E-state index is 14.5. The molecule has 0 unspecified atom stereocenters. The van der Waals surface area contributed by atoms with Crippen molar-refractivity contribution >= 4 is 38.6 Å². The van der Waals surface area contributed by atoms with Crippen molar-refractivity contribution in [1.29, 1.82) is 0 Å². The van der Waals surface area contributed by atoms with Crippen molar-refractivity contribution in [2.24, 2.45) is 0 Å². The summed E-state index contributed by atoms with van der Waals surface area (Å²) in [6.45, 7) is 4.41. The first-order valence-electron chi connectivity index (χ1n) is 12.3. The van der Waals surface area contributed by atoms with Crippen LogP contribution in [-0.4, -0.2) is 41.1 Å². The molecule has 5 rings (SSSR count). The molecule has 7 nitrogen and oxygen atoms in total. The zero-order valence-electron chi connectivity index (χ0n) is 22.1. The van der Waals surface area contributed by atoms with Gasteiger partial charge in [-0.2, -0.15) is 0 Å². The van der Waals surface area contributed by atoms with Gasteiger partial charge in [-0.05, 0) is 42.0 Å². The molecule has 40 heavy (non-hydrogen) atoms. The van der Waals surface area contributed by atoms with Gasteiger partial charge in [0.05, 0.1) is 32.5 Å². The number of fused-ring (bicyclic) bond motifs is 1. The Kier molecular flexibility index (Phi) is 8.37. The Labute approximate surface area is 244 Å². The number of methoxy groups -OCH3 is 3. The highest BCUT2D eigenvalue weighted by molar-refractivity contribution is 9.10. The number of benzene rings is 3. The zero-order valence-corrected chi connectivity index (χ0v) is 24.6. The van der Waals surface area contributed by atoms with Crippen LogP contribution in [0.15, 0.2) is 82.9 Å². The molecule has 0 spiro atoms. The van der Waals surface area contributed by atoms with Gasteiger partial charge in [-0.1, -0.05) is 58.0 Å². The molecule has 204 valence electrons.